The second kappa shape index (κ2) is 5.49. The van der Waals surface area contributed by atoms with Gasteiger partial charge in [0.25, 0.3) is 10.2 Å². The molecule has 18 heavy (non-hydrogen) atoms. The third kappa shape index (κ3) is 2.98. The summed E-state index contributed by atoms with van der Waals surface area (Å²) < 4.78 is 37.8. The maximum absolute atomic E-state index is 12.0. The fourth-order valence-corrected chi connectivity index (χ4v) is 3.36. The zero-order valence-electron chi connectivity index (χ0n) is 9.74. The minimum absolute atomic E-state index is 0.0334. The molecule has 2 aliphatic heterocycles. The van der Waals surface area contributed by atoms with Crippen LogP contribution in [0.1, 0.15) is 0 Å². The third-order valence-electron chi connectivity index (χ3n) is 3.01. The van der Waals surface area contributed by atoms with Gasteiger partial charge in [-0.3, -0.25) is 4.79 Å². The molecule has 0 saturated carbocycles. The standard InChI is InChI=1S/C9H16N2O6S/c12-9(13)7-5-17-6-8(7)10-18(14,15)11-1-3-16-4-2-11/h7-8,10H,1-6H2,(H,12,13). The molecule has 0 aromatic rings. The van der Waals surface area contributed by atoms with Gasteiger partial charge < -0.3 is 14.6 Å². The van der Waals surface area contributed by atoms with Crippen LogP contribution >= 0.6 is 0 Å². The summed E-state index contributed by atoms with van der Waals surface area (Å²) in [6.07, 6.45) is 0. The van der Waals surface area contributed by atoms with Crippen LogP contribution in [0.3, 0.4) is 0 Å². The van der Waals surface area contributed by atoms with Crippen molar-refractivity contribution in [3.05, 3.63) is 0 Å². The van der Waals surface area contributed by atoms with Gasteiger partial charge >= 0.3 is 5.97 Å². The maximum Gasteiger partial charge on any atom is 0.310 e. The van der Waals surface area contributed by atoms with Crippen LogP contribution < -0.4 is 4.72 Å². The fraction of sp³-hybridized carbons (Fsp3) is 0.889. The first-order chi connectivity index (χ1) is 8.50. The summed E-state index contributed by atoms with van der Waals surface area (Å²) in [7, 11) is -3.67. The highest BCUT2D eigenvalue weighted by molar-refractivity contribution is 7.87. The van der Waals surface area contributed by atoms with Gasteiger partial charge in [-0.05, 0) is 0 Å². The molecular weight excluding hydrogens is 264 g/mol. The lowest BCUT2D eigenvalue weighted by atomic mass is 10.1. The van der Waals surface area contributed by atoms with Crippen LogP contribution in [0.15, 0.2) is 0 Å². The minimum atomic E-state index is -3.67. The van der Waals surface area contributed by atoms with Crippen molar-refractivity contribution in [2.24, 2.45) is 5.92 Å². The summed E-state index contributed by atoms with van der Waals surface area (Å²) in [4.78, 5) is 10.9. The number of ether oxygens (including phenoxy) is 2. The molecule has 104 valence electrons. The zero-order valence-corrected chi connectivity index (χ0v) is 10.6. The van der Waals surface area contributed by atoms with Gasteiger partial charge in [0.2, 0.25) is 0 Å². The number of carbonyl (C=O) groups is 1. The van der Waals surface area contributed by atoms with E-state index in [4.69, 9.17) is 14.6 Å². The number of rotatable bonds is 4. The molecule has 2 atom stereocenters. The lowest BCUT2D eigenvalue weighted by Gasteiger charge is -2.28. The Hall–Kier alpha value is -0.740. The quantitative estimate of drug-likeness (QED) is 0.633. The largest absolute Gasteiger partial charge is 0.481 e. The van der Waals surface area contributed by atoms with Gasteiger partial charge in [0.1, 0.15) is 0 Å². The zero-order chi connectivity index (χ0) is 13.2. The predicted molar refractivity (Wildman–Crippen MR) is 60.2 cm³/mol. The number of nitrogens with one attached hydrogen (secondary N) is 1. The number of aliphatic carboxylic acids is 1. The number of morpholine rings is 1. The Morgan fingerprint density at radius 1 is 1.22 bits per heavy atom. The molecule has 8 nitrogen and oxygen atoms in total. The Labute approximate surface area is 105 Å². The van der Waals surface area contributed by atoms with E-state index in [0.717, 1.165) is 0 Å². The summed E-state index contributed by atoms with van der Waals surface area (Å²) in [6, 6.07) is -0.713. The Kier molecular flexibility index (Phi) is 4.17. The molecule has 0 amide bonds. The normalized spacial score (nSPS) is 30.4. The SMILES string of the molecule is O=C(O)C1COCC1NS(=O)(=O)N1CCOCC1. The molecule has 0 aliphatic carbocycles. The highest BCUT2D eigenvalue weighted by Crippen LogP contribution is 2.16. The van der Waals surface area contributed by atoms with E-state index >= 15 is 0 Å². The number of carboxylic acids is 1. The van der Waals surface area contributed by atoms with Crippen LogP contribution in [-0.2, 0) is 24.5 Å². The number of carboxylic acid groups (broad SMARTS) is 1. The van der Waals surface area contributed by atoms with Crippen LogP contribution in [-0.4, -0.2) is 69.4 Å². The highest BCUT2D eigenvalue weighted by atomic mass is 32.2. The predicted octanol–water partition coefficient (Wildman–Crippen LogP) is -1.75. The number of hydrogen-bond donors (Lipinski definition) is 2. The summed E-state index contributed by atoms with van der Waals surface area (Å²) in [6.45, 7) is 1.38. The van der Waals surface area contributed by atoms with Gasteiger partial charge in [0.15, 0.2) is 0 Å². The van der Waals surface area contributed by atoms with E-state index in [0.29, 0.717) is 13.2 Å². The fourth-order valence-electron chi connectivity index (χ4n) is 1.97. The molecule has 0 aromatic carbocycles. The van der Waals surface area contributed by atoms with Crippen molar-refractivity contribution < 1.29 is 27.8 Å². The molecule has 2 rings (SSSR count). The van der Waals surface area contributed by atoms with E-state index in [-0.39, 0.29) is 26.3 Å². The molecule has 0 spiro atoms. The van der Waals surface area contributed by atoms with E-state index in [1.54, 1.807) is 0 Å². The van der Waals surface area contributed by atoms with Gasteiger partial charge in [-0.15, -0.1) is 0 Å². The van der Waals surface area contributed by atoms with Gasteiger partial charge in [0.05, 0.1) is 38.4 Å². The molecule has 2 heterocycles. The van der Waals surface area contributed by atoms with E-state index < -0.39 is 28.1 Å². The van der Waals surface area contributed by atoms with Gasteiger partial charge in [-0.2, -0.15) is 17.4 Å². The van der Waals surface area contributed by atoms with Crippen molar-refractivity contribution in [1.29, 1.82) is 0 Å². The first-order valence-corrected chi connectivity index (χ1v) is 7.10. The number of nitrogens with zero attached hydrogens (tertiary/aromatic N) is 1. The molecule has 2 fully saturated rings. The Balaban J connectivity index is 2.00. The number of hydrogen-bond acceptors (Lipinski definition) is 5. The Morgan fingerprint density at radius 2 is 1.89 bits per heavy atom. The molecule has 9 heteroatoms. The van der Waals surface area contributed by atoms with E-state index in [1.165, 1.54) is 4.31 Å². The first kappa shape index (κ1) is 13.7. The van der Waals surface area contributed by atoms with Gasteiger partial charge in [0, 0.05) is 13.1 Å². The average molecular weight is 280 g/mol. The first-order valence-electron chi connectivity index (χ1n) is 5.66. The van der Waals surface area contributed by atoms with Crippen LogP contribution in [0.25, 0.3) is 0 Å². The monoisotopic (exact) mass is 280 g/mol. The van der Waals surface area contributed by atoms with Crippen LogP contribution in [0.2, 0.25) is 0 Å². The van der Waals surface area contributed by atoms with Crippen molar-refractivity contribution in [2.45, 2.75) is 6.04 Å². The van der Waals surface area contributed by atoms with Gasteiger partial charge in [-0.1, -0.05) is 0 Å². The summed E-state index contributed by atoms with van der Waals surface area (Å²) >= 11 is 0. The van der Waals surface area contributed by atoms with Crippen LogP contribution in [0.5, 0.6) is 0 Å². The molecule has 0 radical (unpaired) electrons. The molecule has 0 aromatic heterocycles. The molecule has 0 bridgehead atoms. The van der Waals surface area contributed by atoms with Crippen molar-refractivity contribution in [3.63, 3.8) is 0 Å². The summed E-state index contributed by atoms with van der Waals surface area (Å²) in [5.41, 5.74) is 0. The maximum atomic E-state index is 12.0. The third-order valence-corrected chi connectivity index (χ3v) is 4.65. The lowest BCUT2D eigenvalue weighted by molar-refractivity contribution is -0.142. The van der Waals surface area contributed by atoms with Gasteiger partial charge in [-0.25, -0.2) is 0 Å². The van der Waals surface area contributed by atoms with E-state index in [2.05, 4.69) is 4.72 Å². The Bertz CT molecular complexity index is 405. The Morgan fingerprint density at radius 3 is 2.50 bits per heavy atom. The van der Waals surface area contributed by atoms with E-state index in [9.17, 15) is 13.2 Å². The molecule has 2 N–H and O–H groups in total. The second-order valence-electron chi connectivity index (χ2n) is 4.22. The van der Waals surface area contributed by atoms with Crippen molar-refractivity contribution in [2.75, 3.05) is 39.5 Å². The summed E-state index contributed by atoms with van der Waals surface area (Å²) in [5.74, 6) is -1.89. The topological polar surface area (TPSA) is 105 Å². The highest BCUT2D eigenvalue weighted by Gasteiger charge is 2.38. The molecule has 2 aliphatic rings. The average Bonchev–Trinajstić information content (AvgIpc) is 2.78. The second-order valence-corrected chi connectivity index (χ2v) is 5.93. The molecule has 2 unspecified atom stereocenters. The van der Waals surface area contributed by atoms with E-state index in [1.807, 2.05) is 0 Å². The smallest absolute Gasteiger partial charge is 0.310 e. The van der Waals surface area contributed by atoms with Crippen LogP contribution in [0, 0.1) is 5.92 Å². The lowest BCUT2D eigenvalue weighted by Crippen LogP contribution is -2.52. The molecular formula is C9H16N2O6S. The van der Waals surface area contributed by atoms with Crippen molar-refractivity contribution >= 4 is 16.2 Å². The van der Waals surface area contributed by atoms with Crippen molar-refractivity contribution in [1.82, 2.24) is 9.03 Å². The molecule has 2 saturated heterocycles. The summed E-state index contributed by atoms with van der Waals surface area (Å²) in [5, 5.41) is 8.94. The van der Waals surface area contributed by atoms with Crippen molar-refractivity contribution in [3.8, 4) is 0 Å². The van der Waals surface area contributed by atoms with Crippen LogP contribution in [0.4, 0.5) is 0 Å². The minimum Gasteiger partial charge on any atom is -0.481 e.